The molecule has 0 aromatic heterocycles. The summed E-state index contributed by atoms with van der Waals surface area (Å²) in [6.07, 6.45) is 3.07. The Labute approximate surface area is 161 Å². The van der Waals surface area contributed by atoms with E-state index in [9.17, 15) is 4.79 Å². The van der Waals surface area contributed by atoms with E-state index >= 15 is 0 Å². The molecule has 0 unspecified atom stereocenters. The molecule has 0 radical (unpaired) electrons. The number of ether oxygens (including phenoxy) is 1. The molecule has 2 aromatic rings. The average molecular weight is 364 g/mol. The number of piperidine rings is 1. The van der Waals surface area contributed by atoms with Crippen LogP contribution in [0, 0.1) is 5.92 Å². The van der Waals surface area contributed by atoms with Crippen molar-refractivity contribution >= 4 is 5.91 Å². The van der Waals surface area contributed by atoms with E-state index < -0.39 is 0 Å². The van der Waals surface area contributed by atoms with E-state index in [0.717, 1.165) is 57.7 Å². The molecule has 0 saturated carbocycles. The summed E-state index contributed by atoms with van der Waals surface area (Å²) in [5, 5.41) is 0. The second-order valence-corrected chi connectivity index (χ2v) is 7.70. The van der Waals surface area contributed by atoms with E-state index in [4.69, 9.17) is 4.74 Å². The van der Waals surface area contributed by atoms with Crippen molar-refractivity contribution in [2.75, 3.05) is 26.7 Å². The zero-order chi connectivity index (χ0) is 18.6. The van der Waals surface area contributed by atoms with Crippen molar-refractivity contribution in [1.82, 2.24) is 9.80 Å². The SMILES string of the molecule is COc1cccc(CN2CCC[C@@H](C(=O)N3CCc4ccccc4C3)C2)c1. The lowest BCUT2D eigenvalue weighted by Gasteiger charge is -2.36. The molecule has 4 heteroatoms. The van der Waals surface area contributed by atoms with Crippen LogP contribution in [-0.4, -0.2) is 42.5 Å². The highest BCUT2D eigenvalue weighted by molar-refractivity contribution is 5.79. The minimum Gasteiger partial charge on any atom is -0.497 e. The van der Waals surface area contributed by atoms with E-state index in [2.05, 4.69) is 46.2 Å². The van der Waals surface area contributed by atoms with Gasteiger partial charge in [0, 0.05) is 26.2 Å². The van der Waals surface area contributed by atoms with E-state index in [-0.39, 0.29) is 5.92 Å². The first kappa shape index (κ1) is 18.1. The third-order valence-electron chi connectivity index (χ3n) is 5.84. The van der Waals surface area contributed by atoms with Gasteiger partial charge in [0.25, 0.3) is 0 Å². The van der Waals surface area contributed by atoms with Gasteiger partial charge in [0.05, 0.1) is 13.0 Å². The quantitative estimate of drug-likeness (QED) is 0.833. The van der Waals surface area contributed by atoms with Crippen molar-refractivity contribution in [3.05, 3.63) is 65.2 Å². The van der Waals surface area contributed by atoms with Crippen LogP contribution in [0.5, 0.6) is 5.75 Å². The first-order valence-corrected chi connectivity index (χ1v) is 9.94. The lowest BCUT2D eigenvalue weighted by atomic mass is 9.93. The molecule has 27 heavy (non-hydrogen) atoms. The largest absolute Gasteiger partial charge is 0.497 e. The normalized spacial score (nSPS) is 20.2. The molecular formula is C23H28N2O2. The number of fused-ring (bicyclic) bond motifs is 1. The first-order chi connectivity index (χ1) is 13.2. The summed E-state index contributed by atoms with van der Waals surface area (Å²) in [6, 6.07) is 16.7. The number of carbonyl (C=O) groups is 1. The lowest BCUT2D eigenvalue weighted by molar-refractivity contribution is -0.138. The van der Waals surface area contributed by atoms with Crippen molar-refractivity contribution in [1.29, 1.82) is 0 Å². The van der Waals surface area contributed by atoms with Gasteiger partial charge >= 0.3 is 0 Å². The van der Waals surface area contributed by atoms with E-state index in [0.29, 0.717) is 5.91 Å². The standard InChI is InChI=1S/C23H28N2O2/c1-27-22-10-4-6-18(14-22)15-24-12-5-9-21(16-24)23(26)25-13-11-19-7-2-3-8-20(19)17-25/h2-4,6-8,10,14,21H,5,9,11-13,15-17H2,1H3/t21-/m1/s1. The highest BCUT2D eigenvalue weighted by atomic mass is 16.5. The van der Waals surface area contributed by atoms with Gasteiger partial charge in [-0.2, -0.15) is 0 Å². The fraction of sp³-hybridized carbons (Fsp3) is 0.435. The van der Waals surface area contributed by atoms with Crippen LogP contribution in [0.3, 0.4) is 0 Å². The molecule has 0 N–H and O–H groups in total. The summed E-state index contributed by atoms with van der Waals surface area (Å²) in [5.41, 5.74) is 3.94. The van der Waals surface area contributed by atoms with Crippen LogP contribution in [0.25, 0.3) is 0 Å². The fourth-order valence-corrected chi connectivity index (χ4v) is 4.37. The Kier molecular flexibility index (Phi) is 5.44. The molecule has 4 nitrogen and oxygen atoms in total. The highest BCUT2D eigenvalue weighted by Gasteiger charge is 2.30. The van der Waals surface area contributed by atoms with Crippen LogP contribution in [0.15, 0.2) is 48.5 Å². The zero-order valence-electron chi connectivity index (χ0n) is 16.1. The summed E-state index contributed by atoms with van der Waals surface area (Å²) in [4.78, 5) is 17.6. The van der Waals surface area contributed by atoms with Gasteiger partial charge in [0.2, 0.25) is 5.91 Å². The van der Waals surface area contributed by atoms with Crippen LogP contribution in [-0.2, 0) is 24.3 Å². The molecule has 1 saturated heterocycles. The number of likely N-dealkylation sites (tertiary alicyclic amines) is 1. The van der Waals surface area contributed by atoms with E-state index in [1.807, 2.05) is 12.1 Å². The lowest BCUT2D eigenvalue weighted by Crippen LogP contribution is -2.46. The molecule has 2 heterocycles. The maximum absolute atomic E-state index is 13.1. The first-order valence-electron chi connectivity index (χ1n) is 9.94. The number of benzene rings is 2. The predicted octanol–water partition coefficient (Wildman–Crippen LogP) is 3.49. The summed E-state index contributed by atoms with van der Waals surface area (Å²) in [6.45, 7) is 4.41. The van der Waals surface area contributed by atoms with Crippen molar-refractivity contribution < 1.29 is 9.53 Å². The van der Waals surface area contributed by atoms with Gasteiger partial charge in [0.15, 0.2) is 0 Å². The Bertz CT molecular complexity index is 804. The third-order valence-corrected chi connectivity index (χ3v) is 5.84. The molecule has 4 rings (SSSR count). The molecule has 0 bridgehead atoms. The summed E-state index contributed by atoms with van der Waals surface area (Å²) in [7, 11) is 1.70. The predicted molar refractivity (Wildman–Crippen MR) is 107 cm³/mol. The van der Waals surface area contributed by atoms with E-state index in [1.54, 1.807) is 7.11 Å². The van der Waals surface area contributed by atoms with Gasteiger partial charge in [-0.15, -0.1) is 0 Å². The smallest absolute Gasteiger partial charge is 0.227 e. The van der Waals surface area contributed by atoms with Gasteiger partial charge in [-0.1, -0.05) is 36.4 Å². The second kappa shape index (κ2) is 8.13. The van der Waals surface area contributed by atoms with Crippen molar-refractivity contribution in [2.24, 2.45) is 5.92 Å². The van der Waals surface area contributed by atoms with Crippen LogP contribution in [0.2, 0.25) is 0 Å². The number of nitrogens with zero attached hydrogens (tertiary/aromatic N) is 2. The second-order valence-electron chi connectivity index (χ2n) is 7.70. The van der Waals surface area contributed by atoms with Gasteiger partial charge in [0.1, 0.15) is 5.75 Å². The molecule has 1 atom stereocenters. The van der Waals surface area contributed by atoms with Crippen LogP contribution in [0.1, 0.15) is 29.5 Å². The molecule has 2 aliphatic rings. The van der Waals surface area contributed by atoms with Gasteiger partial charge in [-0.25, -0.2) is 0 Å². The molecule has 0 spiro atoms. The number of hydrogen-bond acceptors (Lipinski definition) is 3. The molecule has 2 aliphatic heterocycles. The summed E-state index contributed by atoms with van der Waals surface area (Å²) >= 11 is 0. The number of carbonyl (C=O) groups excluding carboxylic acids is 1. The van der Waals surface area contributed by atoms with Gasteiger partial charge in [-0.05, 0) is 54.6 Å². The average Bonchev–Trinajstić information content (AvgIpc) is 2.73. The molecule has 1 amide bonds. The van der Waals surface area contributed by atoms with E-state index in [1.165, 1.54) is 16.7 Å². The highest BCUT2D eigenvalue weighted by Crippen LogP contribution is 2.25. The van der Waals surface area contributed by atoms with Crippen LogP contribution in [0.4, 0.5) is 0 Å². The van der Waals surface area contributed by atoms with Crippen LogP contribution < -0.4 is 4.74 Å². The number of rotatable bonds is 4. The summed E-state index contributed by atoms with van der Waals surface area (Å²) in [5.74, 6) is 1.35. The Morgan fingerprint density at radius 2 is 1.96 bits per heavy atom. The number of methoxy groups -OCH3 is 1. The van der Waals surface area contributed by atoms with Crippen molar-refractivity contribution in [3.8, 4) is 5.75 Å². The number of amides is 1. The van der Waals surface area contributed by atoms with Gasteiger partial charge < -0.3 is 9.64 Å². The molecular weight excluding hydrogens is 336 g/mol. The zero-order valence-corrected chi connectivity index (χ0v) is 16.1. The topological polar surface area (TPSA) is 32.8 Å². The molecule has 2 aromatic carbocycles. The Balaban J connectivity index is 1.38. The third kappa shape index (κ3) is 4.16. The number of hydrogen-bond donors (Lipinski definition) is 0. The minimum absolute atomic E-state index is 0.120. The fourth-order valence-electron chi connectivity index (χ4n) is 4.37. The minimum atomic E-state index is 0.120. The molecule has 1 fully saturated rings. The Hall–Kier alpha value is -2.33. The van der Waals surface area contributed by atoms with Crippen LogP contribution >= 0.6 is 0 Å². The van der Waals surface area contributed by atoms with Crippen molar-refractivity contribution in [3.63, 3.8) is 0 Å². The Morgan fingerprint density at radius 3 is 2.81 bits per heavy atom. The maximum atomic E-state index is 13.1. The molecule has 0 aliphatic carbocycles. The maximum Gasteiger partial charge on any atom is 0.227 e. The monoisotopic (exact) mass is 364 g/mol. The van der Waals surface area contributed by atoms with Gasteiger partial charge in [-0.3, -0.25) is 9.69 Å². The van der Waals surface area contributed by atoms with Crippen molar-refractivity contribution in [2.45, 2.75) is 32.4 Å². The summed E-state index contributed by atoms with van der Waals surface area (Å²) < 4.78 is 5.33. The Morgan fingerprint density at radius 1 is 1.11 bits per heavy atom. The molecule has 142 valence electrons.